The first-order valence-electron chi connectivity index (χ1n) is 5.95. The molecule has 1 amide bonds. The highest BCUT2D eigenvalue weighted by Crippen LogP contribution is 2.10. The standard InChI is InChI=1S/C14H19NO3/c1-11(2)13(12-7-5-4-6-8-12)15-14(16)18-10-9-17-3/h4-8,11H,9-10H2,1-3H3/b15-13-. The summed E-state index contributed by atoms with van der Waals surface area (Å²) in [6, 6.07) is 9.63. The molecule has 0 aromatic heterocycles. The molecule has 0 atom stereocenters. The Balaban J connectivity index is 2.76. The lowest BCUT2D eigenvalue weighted by Crippen LogP contribution is -2.14. The second-order valence-electron chi connectivity index (χ2n) is 4.12. The number of methoxy groups -OCH3 is 1. The molecule has 0 radical (unpaired) electrons. The summed E-state index contributed by atoms with van der Waals surface area (Å²) < 4.78 is 9.74. The predicted molar refractivity (Wildman–Crippen MR) is 71.0 cm³/mol. The number of hydrogen-bond donors (Lipinski definition) is 0. The third-order valence-corrected chi connectivity index (χ3v) is 2.34. The third kappa shape index (κ3) is 4.67. The Morgan fingerprint density at radius 2 is 1.89 bits per heavy atom. The number of amides is 1. The molecule has 0 fully saturated rings. The van der Waals surface area contributed by atoms with Gasteiger partial charge in [0.2, 0.25) is 0 Å². The van der Waals surface area contributed by atoms with Gasteiger partial charge >= 0.3 is 6.09 Å². The van der Waals surface area contributed by atoms with Crippen LogP contribution in [0.2, 0.25) is 0 Å². The van der Waals surface area contributed by atoms with Gasteiger partial charge < -0.3 is 9.47 Å². The van der Waals surface area contributed by atoms with Gasteiger partial charge in [-0.3, -0.25) is 0 Å². The number of carbonyl (C=O) groups excluding carboxylic acids is 1. The van der Waals surface area contributed by atoms with Gasteiger partial charge in [-0.1, -0.05) is 44.2 Å². The van der Waals surface area contributed by atoms with Gasteiger partial charge in [-0.25, -0.2) is 4.79 Å². The summed E-state index contributed by atoms with van der Waals surface area (Å²) in [5.74, 6) is 0.155. The van der Waals surface area contributed by atoms with Crippen LogP contribution in [0, 0.1) is 5.92 Å². The lowest BCUT2D eigenvalue weighted by molar-refractivity contribution is 0.105. The first-order valence-corrected chi connectivity index (χ1v) is 5.95. The molecule has 1 aromatic carbocycles. The van der Waals surface area contributed by atoms with Gasteiger partial charge in [0.15, 0.2) is 0 Å². The molecular formula is C14H19NO3. The molecule has 1 rings (SSSR count). The zero-order chi connectivity index (χ0) is 13.4. The van der Waals surface area contributed by atoms with Crippen LogP contribution in [0.3, 0.4) is 0 Å². The minimum Gasteiger partial charge on any atom is -0.445 e. The summed E-state index contributed by atoms with van der Waals surface area (Å²) in [6.07, 6.45) is -0.570. The molecule has 0 bridgehead atoms. The summed E-state index contributed by atoms with van der Waals surface area (Å²) in [6.45, 7) is 4.59. The molecule has 0 aliphatic rings. The number of carbonyl (C=O) groups is 1. The number of hydrogen-bond acceptors (Lipinski definition) is 3. The fraction of sp³-hybridized carbons (Fsp3) is 0.429. The van der Waals surface area contributed by atoms with Crippen LogP contribution in [0.25, 0.3) is 0 Å². The summed E-state index contributed by atoms with van der Waals surface area (Å²) in [4.78, 5) is 15.6. The van der Waals surface area contributed by atoms with Crippen LogP contribution in [0.4, 0.5) is 4.79 Å². The average molecular weight is 249 g/mol. The molecule has 0 heterocycles. The first kappa shape index (κ1) is 14.4. The van der Waals surface area contributed by atoms with Crippen molar-refractivity contribution in [3.63, 3.8) is 0 Å². The Kier molecular flexibility index (Phi) is 6.08. The smallest absolute Gasteiger partial charge is 0.433 e. The van der Waals surface area contributed by atoms with Gasteiger partial charge in [-0.15, -0.1) is 0 Å². The molecule has 0 spiro atoms. The number of benzene rings is 1. The van der Waals surface area contributed by atoms with Crippen LogP contribution >= 0.6 is 0 Å². The van der Waals surface area contributed by atoms with Crippen molar-refractivity contribution < 1.29 is 14.3 Å². The van der Waals surface area contributed by atoms with Crippen LogP contribution in [0.1, 0.15) is 19.4 Å². The zero-order valence-corrected chi connectivity index (χ0v) is 11.1. The second kappa shape index (κ2) is 7.61. The van der Waals surface area contributed by atoms with Crippen molar-refractivity contribution in [2.75, 3.05) is 20.3 Å². The maximum Gasteiger partial charge on any atom is 0.433 e. The monoisotopic (exact) mass is 249 g/mol. The van der Waals surface area contributed by atoms with E-state index in [9.17, 15) is 4.79 Å². The molecule has 0 aliphatic carbocycles. The lowest BCUT2D eigenvalue weighted by atomic mass is 10.0. The Morgan fingerprint density at radius 1 is 1.22 bits per heavy atom. The molecule has 4 nitrogen and oxygen atoms in total. The van der Waals surface area contributed by atoms with E-state index in [4.69, 9.17) is 9.47 Å². The fourth-order valence-electron chi connectivity index (χ4n) is 1.48. The highest BCUT2D eigenvalue weighted by molar-refractivity contribution is 6.06. The summed E-state index contributed by atoms with van der Waals surface area (Å²) in [5, 5.41) is 0. The molecule has 0 N–H and O–H groups in total. The van der Waals surface area contributed by atoms with Gasteiger partial charge in [-0.05, 0) is 11.5 Å². The van der Waals surface area contributed by atoms with Crippen molar-refractivity contribution >= 4 is 11.8 Å². The SMILES string of the molecule is COCCOC(=O)/N=C(\c1ccccc1)C(C)C. The van der Waals surface area contributed by atoms with E-state index in [1.807, 2.05) is 44.2 Å². The van der Waals surface area contributed by atoms with E-state index in [1.165, 1.54) is 0 Å². The Morgan fingerprint density at radius 3 is 2.44 bits per heavy atom. The van der Waals surface area contributed by atoms with Crippen molar-refractivity contribution in [2.24, 2.45) is 10.9 Å². The summed E-state index contributed by atoms with van der Waals surface area (Å²) in [5.41, 5.74) is 1.68. The minimum absolute atomic E-state index is 0.155. The van der Waals surface area contributed by atoms with Crippen LogP contribution < -0.4 is 0 Å². The number of nitrogens with zero attached hydrogens (tertiary/aromatic N) is 1. The van der Waals surface area contributed by atoms with E-state index in [-0.39, 0.29) is 12.5 Å². The maximum absolute atomic E-state index is 11.5. The minimum atomic E-state index is -0.570. The molecule has 0 unspecified atom stereocenters. The van der Waals surface area contributed by atoms with Crippen LogP contribution in [-0.4, -0.2) is 32.1 Å². The topological polar surface area (TPSA) is 47.9 Å². The first-order chi connectivity index (χ1) is 8.65. The van der Waals surface area contributed by atoms with E-state index in [2.05, 4.69) is 4.99 Å². The Hall–Kier alpha value is -1.68. The molecular weight excluding hydrogens is 230 g/mol. The predicted octanol–water partition coefficient (Wildman–Crippen LogP) is 2.91. The average Bonchev–Trinajstić information content (AvgIpc) is 2.37. The van der Waals surface area contributed by atoms with Crippen molar-refractivity contribution in [1.82, 2.24) is 0 Å². The van der Waals surface area contributed by atoms with Crippen LogP contribution in [0.5, 0.6) is 0 Å². The lowest BCUT2D eigenvalue weighted by Gasteiger charge is -2.10. The summed E-state index contributed by atoms with van der Waals surface area (Å²) >= 11 is 0. The quantitative estimate of drug-likeness (QED) is 0.595. The van der Waals surface area contributed by atoms with E-state index in [0.29, 0.717) is 6.61 Å². The van der Waals surface area contributed by atoms with E-state index >= 15 is 0 Å². The van der Waals surface area contributed by atoms with Gasteiger partial charge in [-0.2, -0.15) is 4.99 Å². The maximum atomic E-state index is 11.5. The van der Waals surface area contributed by atoms with Crippen molar-refractivity contribution in [1.29, 1.82) is 0 Å². The van der Waals surface area contributed by atoms with Crippen molar-refractivity contribution in [2.45, 2.75) is 13.8 Å². The van der Waals surface area contributed by atoms with E-state index < -0.39 is 6.09 Å². The molecule has 98 valence electrons. The molecule has 4 heteroatoms. The van der Waals surface area contributed by atoms with Crippen molar-refractivity contribution in [3.8, 4) is 0 Å². The van der Waals surface area contributed by atoms with Crippen LogP contribution in [0.15, 0.2) is 35.3 Å². The third-order valence-electron chi connectivity index (χ3n) is 2.34. The molecule has 0 saturated heterocycles. The van der Waals surface area contributed by atoms with E-state index in [0.717, 1.165) is 11.3 Å². The highest BCUT2D eigenvalue weighted by atomic mass is 16.6. The molecule has 18 heavy (non-hydrogen) atoms. The summed E-state index contributed by atoms with van der Waals surface area (Å²) in [7, 11) is 1.56. The van der Waals surface area contributed by atoms with Gasteiger partial charge in [0.05, 0.1) is 12.3 Å². The van der Waals surface area contributed by atoms with E-state index in [1.54, 1.807) is 7.11 Å². The Bertz CT molecular complexity index is 399. The normalized spacial score (nSPS) is 11.7. The van der Waals surface area contributed by atoms with Gasteiger partial charge in [0.1, 0.15) is 6.61 Å². The Labute approximate surface area is 108 Å². The number of ether oxygens (including phenoxy) is 2. The van der Waals surface area contributed by atoms with Gasteiger partial charge in [0, 0.05) is 7.11 Å². The molecule has 1 aromatic rings. The second-order valence-corrected chi connectivity index (χ2v) is 4.12. The number of rotatable bonds is 5. The molecule has 0 aliphatic heterocycles. The zero-order valence-electron chi connectivity index (χ0n) is 11.1. The highest BCUT2D eigenvalue weighted by Gasteiger charge is 2.11. The number of aliphatic imine (C=N–C) groups is 1. The van der Waals surface area contributed by atoms with Crippen LogP contribution in [-0.2, 0) is 9.47 Å². The fourth-order valence-corrected chi connectivity index (χ4v) is 1.48. The van der Waals surface area contributed by atoms with Gasteiger partial charge in [0.25, 0.3) is 0 Å². The largest absolute Gasteiger partial charge is 0.445 e. The molecule has 0 saturated carbocycles. The van der Waals surface area contributed by atoms with Crippen molar-refractivity contribution in [3.05, 3.63) is 35.9 Å².